The molecule has 2 aromatic rings. The predicted octanol–water partition coefficient (Wildman–Crippen LogP) is 4.18. The van der Waals surface area contributed by atoms with Crippen molar-refractivity contribution in [2.75, 3.05) is 7.11 Å². The van der Waals surface area contributed by atoms with Crippen LogP contribution in [0.3, 0.4) is 0 Å². The number of hydrogen-bond donors (Lipinski definition) is 0. The first-order valence-corrected chi connectivity index (χ1v) is 7.35. The Hall–Kier alpha value is -2.06. The van der Waals surface area contributed by atoms with Gasteiger partial charge in [0.2, 0.25) is 0 Å². The van der Waals surface area contributed by atoms with Gasteiger partial charge >= 0.3 is 0 Å². The molecule has 0 saturated carbocycles. The van der Waals surface area contributed by atoms with Crippen molar-refractivity contribution in [1.29, 1.82) is 5.26 Å². The van der Waals surface area contributed by atoms with Gasteiger partial charge in [0, 0.05) is 22.5 Å². The molecule has 0 unspecified atom stereocenters. The summed E-state index contributed by atoms with van der Waals surface area (Å²) in [5, 5.41) is 9.44. The standard InChI is InChI=1S/C16H13BrFNO2/c1-20-14-6-5-11(8-17)15(7-14)21-10-13-4-2-3-12(9-19)16(13)18/h2-7H,8,10H2,1H3. The van der Waals surface area contributed by atoms with Crippen molar-refractivity contribution in [3.05, 3.63) is 58.9 Å². The SMILES string of the molecule is COc1ccc(CBr)c(OCc2cccc(C#N)c2F)c1. The molecule has 0 N–H and O–H groups in total. The normalized spacial score (nSPS) is 10.0. The van der Waals surface area contributed by atoms with Crippen LogP contribution in [-0.2, 0) is 11.9 Å². The van der Waals surface area contributed by atoms with Crippen molar-refractivity contribution in [2.24, 2.45) is 0 Å². The molecule has 0 atom stereocenters. The van der Waals surface area contributed by atoms with Gasteiger partial charge in [0.1, 0.15) is 30.0 Å². The molecule has 108 valence electrons. The van der Waals surface area contributed by atoms with Crippen LogP contribution >= 0.6 is 15.9 Å². The van der Waals surface area contributed by atoms with Gasteiger partial charge < -0.3 is 9.47 Å². The van der Waals surface area contributed by atoms with E-state index < -0.39 is 5.82 Å². The van der Waals surface area contributed by atoms with Crippen molar-refractivity contribution in [1.82, 2.24) is 0 Å². The molecule has 0 radical (unpaired) electrons. The lowest BCUT2D eigenvalue weighted by atomic mass is 10.1. The smallest absolute Gasteiger partial charge is 0.147 e. The summed E-state index contributed by atoms with van der Waals surface area (Å²) in [6.45, 7) is 0.0501. The van der Waals surface area contributed by atoms with Gasteiger partial charge in [-0.2, -0.15) is 5.26 Å². The summed E-state index contributed by atoms with van der Waals surface area (Å²) in [5.41, 5.74) is 1.30. The Kier molecular flexibility index (Phi) is 5.18. The summed E-state index contributed by atoms with van der Waals surface area (Å²) in [6, 6.07) is 12.0. The first-order chi connectivity index (χ1) is 10.2. The highest BCUT2D eigenvalue weighted by Crippen LogP contribution is 2.27. The highest BCUT2D eigenvalue weighted by molar-refractivity contribution is 9.08. The zero-order valence-electron chi connectivity index (χ0n) is 11.4. The first-order valence-electron chi connectivity index (χ1n) is 6.22. The lowest BCUT2D eigenvalue weighted by Crippen LogP contribution is -2.02. The van der Waals surface area contributed by atoms with Crippen LogP contribution in [0.25, 0.3) is 0 Å². The predicted molar refractivity (Wildman–Crippen MR) is 81.1 cm³/mol. The van der Waals surface area contributed by atoms with E-state index in [-0.39, 0.29) is 12.2 Å². The van der Waals surface area contributed by atoms with Gasteiger partial charge in [-0.05, 0) is 12.1 Å². The third-order valence-corrected chi connectivity index (χ3v) is 3.60. The van der Waals surface area contributed by atoms with Gasteiger partial charge in [-0.25, -0.2) is 4.39 Å². The van der Waals surface area contributed by atoms with E-state index in [9.17, 15) is 4.39 Å². The Morgan fingerprint density at radius 2 is 2.05 bits per heavy atom. The topological polar surface area (TPSA) is 42.2 Å². The molecule has 2 rings (SSSR count). The number of ether oxygens (including phenoxy) is 2. The van der Waals surface area contributed by atoms with Crippen LogP contribution in [0.1, 0.15) is 16.7 Å². The fraction of sp³-hybridized carbons (Fsp3) is 0.188. The molecule has 0 amide bonds. The van der Waals surface area contributed by atoms with Gasteiger partial charge in [0.15, 0.2) is 0 Å². The van der Waals surface area contributed by atoms with E-state index in [0.29, 0.717) is 22.4 Å². The van der Waals surface area contributed by atoms with E-state index in [4.69, 9.17) is 14.7 Å². The van der Waals surface area contributed by atoms with Gasteiger partial charge in [0.25, 0.3) is 0 Å². The number of rotatable bonds is 5. The lowest BCUT2D eigenvalue weighted by molar-refractivity contribution is 0.295. The fourth-order valence-corrected chi connectivity index (χ4v) is 2.30. The zero-order valence-corrected chi connectivity index (χ0v) is 13.0. The van der Waals surface area contributed by atoms with E-state index in [1.54, 1.807) is 25.3 Å². The Balaban J connectivity index is 2.22. The van der Waals surface area contributed by atoms with Crippen molar-refractivity contribution in [3.63, 3.8) is 0 Å². The Labute approximate surface area is 131 Å². The maximum atomic E-state index is 14.0. The van der Waals surface area contributed by atoms with Crippen molar-refractivity contribution in [3.8, 4) is 17.6 Å². The van der Waals surface area contributed by atoms with Gasteiger partial charge in [-0.1, -0.05) is 34.1 Å². The number of alkyl halides is 1. The summed E-state index contributed by atoms with van der Waals surface area (Å²) in [7, 11) is 1.57. The minimum Gasteiger partial charge on any atom is -0.497 e. The molecule has 5 heteroatoms. The third-order valence-electron chi connectivity index (χ3n) is 3.00. The van der Waals surface area contributed by atoms with Crippen LogP contribution in [0, 0.1) is 17.1 Å². The molecule has 0 saturated heterocycles. The van der Waals surface area contributed by atoms with Crippen LogP contribution < -0.4 is 9.47 Å². The van der Waals surface area contributed by atoms with E-state index in [1.807, 2.05) is 18.2 Å². The quantitative estimate of drug-likeness (QED) is 0.760. The first kappa shape index (κ1) is 15.3. The van der Waals surface area contributed by atoms with Crippen molar-refractivity contribution in [2.45, 2.75) is 11.9 Å². The molecule has 0 aliphatic heterocycles. The third kappa shape index (κ3) is 3.53. The second kappa shape index (κ2) is 7.09. The average Bonchev–Trinajstić information content (AvgIpc) is 2.53. The largest absolute Gasteiger partial charge is 0.497 e. The van der Waals surface area contributed by atoms with E-state index >= 15 is 0 Å². The summed E-state index contributed by atoms with van der Waals surface area (Å²) in [6.07, 6.45) is 0. The van der Waals surface area contributed by atoms with E-state index in [0.717, 1.165) is 5.56 Å². The summed E-state index contributed by atoms with van der Waals surface area (Å²) in [5.74, 6) is 0.747. The molecule has 0 fully saturated rings. The highest BCUT2D eigenvalue weighted by Gasteiger charge is 2.10. The minimum absolute atomic E-state index is 0.0162. The van der Waals surface area contributed by atoms with E-state index in [2.05, 4.69) is 15.9 Å². The molecular weight excluding hydrogens is 337 g/mol. The van der Waals surface area contributed by atoms with Crippen LogP contribution in [0.2, 0.25) is 0 Å². The second-order valence-corrected chi connectivity index (χ2v) is 4.85. The monoisotopic (exact) mass is 349 g/mol. The van der Waals surface area contributed by atoms with E-state index in [1.165, 1.54) is 6.07 Å². The van der Waals surface area contributed by atoms with Crippen LogP contribution in [0.4, 0.5) is 4.39 Å². The maximum Gasteiger partial charge on any atom is 0.147 e. The molecule has 21 heavy (non-hydrogen) atoms. The van der Waals surface area contributed by atoms with Gasteiger partial charge in [-0.3, -0.25) is 0 Å². The molecule has 0 aliphatic carbocycles. The molecule has 0 aromatic heterocycles. The fourth-order valence-electron chi connectivity index (χ4n) is 1.84. The van der Waals surface area contributed by atoms with Crippen LogP contribution in [0.5, 0.6) is 11.5 Å². The Morgan fingerprint density at radius 3 is 2.71 bits per heavy atom. The number of benzene rings is 2. The lowest BCUT2D eigenvalue weighted by Gasteiger charge is -2.12. The number of halogens is 2. The molecule has 0 aliphatic rings. The zero-order chi connectivity index (χ0) is 15.2. The molecule has 0 heterocycles. The summed E-state index contributed by atoms with van der Waals surface area (Å²) in [4.78, 5) is 0. The van der Waals surface area contributed by atoms with Crippen LogP contribution in [0.15, 0.2) is 36.4 Å². The summed E-state index contributed by atoms with van der Waals surface area (Å²) < 4.78 is 24.8. The molecule has 0 spiro atoms. The Morgan fingerprint density at radius 1 is 1.24 bits per heavy atom. The summed E-state index contributed by atoms with van der Waals surface area (Å²) >= 11 is 3.38. The van der Waals surface area contributed by atoms with Gasteiger partial charge in [0.05, 0.1) is 12.7 Å². The molecule has 2 aromatic carbocycles. The maximum absolute atomic E-state index is 14.0. The number of methoxy groups -OCH3 is 1. The number of hydrogen-bond acceptors (Lipinski definition) is 3. The molecule has 0 bridgehead atoms. The molecular formula is C16H13BrFNO2. The molecule has 3 nitrogen and oxygen atoms in total. The highest BCUT2D eigenvalue weighted by atomic mass is 79.9. The number of nitriles is 1. The van der Waals surface area contributed by atoms with Crippen molar-refractivity contribution < 1.29 is 13.9 Å². The van der Waals surface area contributed by atoms with Gasteiger partial charge in [-0.15, -0.1) is 0 Å². The van der Waals surface area contributed by atoms with Crippen LogP contribution in [-0.4, -0.2) is 7.11 Å². The number of nitrogens with zero attached hydrogens (tertiary/aromatic N) is 1. The second-order valence-electron chi connectivity index (χ2n) is 4.29. The van der Waals surface area contributed by atoms with Crippen molar-refractivity contribution >= 4 is 15.9 Å². The average molecular weight is 350 g/mol. The Bertz CT molecular complexity index is 682. The minimum atomic E-state index is -0.539.